The summed E-state index contributed by atoms with van der Waals surface area (Å²) in [6.07, 6.45) is 3.00. The number of amides is 1. The topological polar surface area (TPSA) is 74.8 Å². The minimum absolute atomic E-state index is 0.125. The monoisotopic (exact) mass is 393 g/mol. The zero-order valence-corrected chi connectivity index (χ0v) is 17.1. The molecule has 0 fully saturated rings. The van der Waals surface area contributed by atoms with Crippen LogP contribution in [0.1, 0.15) is 66.6 Å². The Morgan fingerprint density at radius 3 is 2.64 bits per heavy atom. The number of H-pyrrole nitrogens is 1. The van der Waals surface area contributed by atoms with E-state index in [9.17, 15) is 9.59 Å². The number of rotatable bonds is 4. The maximum atomic E-state index is 12.8. The fourth-order valence-corrected chi connectivity index (χ4v) is 4.69. The third-order valence-corrected chi connectivity index (χ3v) is 6.34. The number of hydrogen-bond acceptors (Lipinski definition) is 4. The Balaban J connectivity index is 1.53. The van der Waals surface area contributed by atoms with Crippen molar-refractivity contribution in [1.82, 2.24) is 9.97 Å². The van der Waals surface area contributed by atoms with E-state index < -0.39 is 0 Å². The molecule has 1 aliphatic carbocycles. The molecule has 2 heterocycles. The third-order valence-electron chi connectivity index (χ3n) is 5.26. The van der Waals surface area contributed by atoms with Crippen LogP contribution in [-0.2, 0) is 12.8 Å². The highest BCUT2D eigenvalue weighted by Crippen LogP contribution is 2.29. The maximum absolute atomic E-state index is 12.8. The second-order valence-corrected chi connectivity index (χ2v) is 8.48. The van der Waals surface area contributed by atoms with E-state index in [2.05, 4.69) is 46.5 Å². The van der Waals surface area contributed by atoms with Crippen molar-refractivity contribution in [2.75, 3.05) is 5.32 Å². The van der Waals surface area contributed by atoms with Gasteiger partial charge in [-0.3, -0.25) is 14.9 Å². The number of carbonyl (C=O) groups excluding carboxylic acids is 2. The summed E-state index contributed by atoms with van der Waals surface area (Å²) in [5, 5.41) is 3.49. The summed E-state index contributed by atoms with van der Waals surface area (Å²) in [5.41, 5.74) is 6.18. The number of aryl methyl sites for hydroxylation is 3. The molecule has 28 heavy (non-hydrogen) atoms. The summed E-state index contributed by atoms with van der Waals surface area (Å²) < 4.78 is 0. The van der Waals surface area contributed by atoms with Crippen LogP contribution in [0.3, 0.4) is 0 Å². The van der Waals surface area contributed by atoms with E-state index in [1.165, 1.54) is 22.5 Å². The lowest BCUT2D eigenvalue weighted by atomic mass is 9.94. The summed E-state index contributed by atoms with van der Waals surface area (Å²) in [4.78, 5) is 33.8. The van der Waals surface area contributed by atoms with Gasteiger partial charge in [-0.15, -0.1) is 11.3 Å². The predicted molar refractivity (Wildman–Crippen MR) is 112 cm³/mol. The van der Waals surface area contributed by atoms with Crippen LogP contribution >= 0.6 is 11.3 Å². The van der Waals surface area contributed by atoms with Gasteiger partial charge in [0.05, 0.1) is 5.69 Å². The molecule has 0 aliphatic heterocycles. The molecule has 5 nitrogen and oxygen atoms in total. The van der Waals surface area contributed by atoms with Gasteiger partial charge in [0.25, 0.3) is 5.91 Å². The number of thiazole rings is 1. The summed E-state index contributed by atoms with van der Waals surface area (Å²) in [6, 6.07) is 8.45. The average Bonchev–Trinajstić information content (AvgIpc) is 3.17. The number of benzene rings is 1. The van der Waals surface area contributed by atoms with Crippen molar-refractivity contribution in [3.8, 4) is 0 Å². The van der Waals surface area contributed by atoms with Crippen LogP contribution in [0.15, 0.2) is 24.3 Å². The Bertz CT molecular complexity index is 1060. The number of carbonyl (C=O) groups is 2. The van der Waals surface area contributed by atoms with Gasteiger partial charge in [-0.25, -0.2) is 4.98 Å². The highest BCUT2D eigenvalue weighted by atomic mass is 32.1. The molecule has 4 rings (SSSR count). The molecule has 0 atom stereocenters. The normalized spacial score (nSPS) is 13.5. The van der Waals surface area contributed by atoms with Crippen LogP contribution in [0.25, 0.3) is 0 Å². The van der Waals surface area contributed by atoms with Crippen molar-refractivity contribution in [2.24, 2.45) is 0 Å². The van der Waals surface area contributed by atoms with Gasteiger partial charge in [-0.2, -0.15) is 0 Å². The summed E-state index contributed by atoms with van der Waals surface area (Å²) in [6.45, 7) is 5.87. The first-order chi connectivity index (χ1) is 13.4. The first kappa shape index (κ1) is 18.6. The smallest absolute Gasteiger partial charge is 0.274 e. The molecule has 0 spiro atoms. The average molecular weight is 394 g/mol. The number of aromatic amines is 1. The Morgan fingerprint density at radius 1 is 1.18 bits per heavy atom. The van der Waals surface area contributed by atoms with Crippen molar-refractivity contribution in [3.05, 3.63) is 68.5 Å². The van der Waals surface area contributed by atoms with E-state index in [0.717, 1.165) is 41.1 Å². The number of anilines is 1. The van der Waals surface area contributed by atoms with Crippen molar-refractivity contribution in [3.63, 3.8) is 0 Å². The molecule has 1 amide bonds. The van der Waals surface area contributed by atoms with E-state index >= 15 is 0 Å². The zero-order valence-electron chi connectivity index (χ0n) is 16.3. The SMILES string of the molecule is Cc1ccc(Cc2sc(NC(=O)c3[nH]c4c(c3C)C(=O)CCC4)nc2C)cc1. The minimum atomic E-state index is -0.240. The lowest BCUT2D eigenvalue weighted by Gasteiger charge is -2.09. The largest absolute Gasteiger partial charge is 0.354 e. The van der Waals surface area contributed by atoms with Gasteiger partial charge in [0.1, 0.15) is 5.69 Å². The van der Waals surface area contributed by atoms with Gasteiger partial charge in [-0.1, -0.05) is 29.8 Å². The van der Waals surface area contributed by atoms with E-state index in [1.54, 1.807) is 0 Å². The summed E-state index contributed by atoms with van der Waals surface area (Å²) in [5.74, 6) is -0.116. The highest BCUT2D eigenvalue weighted by Gasteiger charge is 2.26. The quantitative estimate of drug-likeness (QED) is 0.671. The van der Waals surface area contributed by atoms with Gasteiger partial charge in [0.2, 0.25) is 0 Å². The van der Waals surface area contributed by atoms with Crippen molar-refractivity contribution >= 4 is 28.2 Å². The molecule has 144 valence electrons. The molecule has 6 heteroatoms. The van der Waals surface area contributed by atoms with Gasteiger partial charge in [0.15, 0.2) is 10.9 Å². The van der Waals surface area contributed by atoms with E-state index in [0.29, 0.717) is 22.8 Å². The second-order valence-electron chi connectivity index (χ2n) is 7.40. The standard InChI is InChI=1S/C22H23N3O2S/c1-12-7-9-15(10-8-12)11-18-14(3)23-22(28-18)25-21(27)20-13(2)19-16(24-20)5-4-6-17(19)26/h7-10,24H,4-6,11H2,1-3H3,(H,23,25,27). The van der Waals surface area contributed by atoms with Crippen LogP contribution in [0.5, 0.6) is 0 Å². The summed E-state index contributed by atoms with van der Waals surface area (Å²) in [7, 11) is 0. The molecule has 2 aromatic heterocycles. The molecular weight excluding hydrogens is 370 g/mol. The molecule has 1 aliphatic rings. The highest BCUT2D eigenvalue weighted by molar-refractivity contribution is 7.15. The fourth-order valence-electron chi connectivity index (χ4n) is 3.70. The predicted octanol–water partition coefficient (Wildman–Crippen LogP) is 4.76. The number of hydrogen-bond donors (Lipinski definition) is 2. The molecule has 0 saturated heterocycles. The first-order valence-corrected chi connectivity index (χ1v) is 10.3. The van der Waals surface area contributed by atoms with Gasteiger partial charge in [0, 0.05) is 29.0 Å². The van der Waals surface area contributed by atoms with E-state index in [4.69, 9.17) is 0 Å². The molecule has 1 aromatic carbocycles. The Morgan fingerprint density at radius 2 is 1.93 bits per heavy atom. The Kier molecular flexibility index (Phi) is 4.89. The third kappa shape index (κ3) is 3.52. The van der Waals surface area contributed by atoms with E-state index in [1.807, 2.05) is 13.8 Å². The van der Waals surface area contributed by atoms with E-state index in [-0.39, 0.29) is 11.7 Å². The number of ketones is 1. The van der Waals surface area contributed by atoms with Crippen molar-refractivity contribution in [1.29, 1.82) is 0 Å². The van der Waals surface area contributed by atoms with Crippen LogP contribution in [0.4, 0.5) is 5.13 Å². The number of Topliss-reactive ketones (excluding diaryl/α,β-unsaturated/α-hetero) is 1. The van der Waals surface area contributed by atoms with Crippen molar-refractivity contribution in [2.45, 2.75) is 46.5 Å². The maximum Gasteiger partial charge on any atom is 0.274 e. The minimum Gasteiger partial charge on any atom is -0.354 e. The Hall–Kier alpha value is -2.73. The number of fused-ring (bicyclic) bond motifs is 1. The van der Waals surface area contributed by atoms with Gasteiger partial charge < -0.3 is 4.98 Å². The fraction of sp³-hybridized carbons (Fsp3) is 0.318. The van der Waals surface area contributed by atoms with Crippen LogP contribution in [0, 0.1) is 20.8 Å². The molecule has 0 saturated carbocycles. The molecular formula is C22H23N3O2S. The first-order valence-electron chi connectivity index (χ1n) is 9.50. The van der Waals surface area contributed by atoms with Crippen LogP contribution in [-0.4, -0.2) is 21.7 Å². The van der Waals surface area contributed by atoms with Crippen molar-refractivity contribution < 1.29 is 9.59 Å². The van der Waals surface area contributed by atoms with Gasteiger partial charge in [-0.05, 0) is 44.7 Å². The summed E-state index contributed by atoms with van der Waals surface area (Å²) >= 11 is 1.50. The number of nitrogens with one attached hydrogen (secondary N) is 2. The zero-order chi connectivity index (χ0) is 19.8. The molecule has 0 unspecified atom stereocenters. The van der Waals surface area contributed by atoms with Crippen LogP contribution < -0.4 is 5.32 Å². The molecule has 0 radical (unpaired) electrons. The van der Waals surface area contributed by atoms with Gasteiger partial charge >= 0.3 is 0 Å². The molecule has 2 N–H and O–H groups in total. The Labute approximate surface area is 168 Å². The van der Waals surface area contributed by atoms with Crippen LogP contribution in [0.2, 0.25) is 0 Å². The lowest BCUT2D eigenvalue weighted by molar-refractivity contribution is 0.0971. The molecule has 0 bridgehead atoms. The number of nitrogens with zero attached hydrogens (tertiary/aromatic N) is 1. The number of aromatic nitrogens is 2. The second kappa shape index (κ2) is 7.36. The molecule has 3 aromatic rings. The lowest BCUT2D eigenvalue weighted by Crippen LogP contribution is -2.13.